The van der Waals surface area contributed by atoms with Crippen molar-refractivity contribution in [2.24, 2.45) is 0 Å². The zero-order chi connectivity index (χ0) is 13.2. The minimum Gasteiger partial charge on any atom is -0.461 e. The van der Waals surface area contributed by atoms with Gasteiger partial charge in [-0.25, -0.2) is 4.79 Å². The molecule has 0 unspecified atom stereocenters. The minimum atomic E-state index is -3.80. The normalized spacial score (nSPS) is 11.4. The van der Waals surface area contributed by atoms with Crippen LogP contribution >= 0.6 is 11.6 Å². The van der Waals surface area contributed by atoms with Crippen molar-refractivity contribution in [3.63, 3.8) is 0 Å². The number of anilines is 1. The number of halogens is 3. The van der Waals surface area contributed by atoms with Gasteiger partial charge >= 0.3 is 11.9 Å². The first-order valence-electron chi connectivity index (χ1n) is 4.92. The van der Waals surface area contributed by atoms with Gasteiger partial charge in [0.1, 0.15) is 0 Å². The third-order valence-corrected chi connectivity index (χ3v) is 2.69. The van der Waals surface area contributed by atoms with Gasteiger partial charge in [0.25, 0.3) is 0 Å². The molecule has 0 aliphatic heterocycles. The van der Waals surface area contributed by atoms with E-state index in [1.54, 1.807) is 0 Å². The maximum atomic E-state index is 13.8. The molecule has 2 N–H and O–H groups in total. The Morgan fingerprint density at radius 1 is 1.53 bits per heavy atom. The zero-order valence-electron chi connectivity index (χ0n) is 9.39. The van der Waals surface area contributed by atoms with Crippen LogP contribution in [-0.4, -0.2) is 12.6 Å². The van der Waals surface area contributed by atoms with Crippen LogP contribution in [0.5, 0.6) is 0 Å². The second-order valence-electron chi connectivity index (χ2n) is 3.43. The van der Waals surface area contributed by atoms with Crippen LogP contribution in [0.3, 0.4) is 0 Å². The van der Waals surface area contributed by atoms with Gasteiger partial charge in [-0.3, -0.25) is 0 Å². The Labute approximate surface area is 103 Å². The van der Waals surface area contributed by atoms with E-state index in [4.69, 9.17) is 17.3 Å². The lowest BCUT2D eigenvalue weighted by Gasteiger charge is -2.19. The molecule has 0 saturated carbocycles. The molecule has 0 aliphatic rings. The Balaban J connectivity index is 3.32. The molecule has 1 rings (SSSR count). The Morgan fingerprint density at radius 2 is 2.12 bits per heavy atom. The number of hydrogen-bond acceptors (Lipinski definition) is 3. The molecule has 0 fully saturated rings. The highest BCUT2D eigenvalue weighted by molar-refractivity contribution is 6.31. The first kappa shape index (κ1) is 13.7. The van der Waals surface area contributed by atoms with Crippen LogP contribution in [0, 0.1) is 6.92 Å². The molecule has 0 aliphatic carbocycles. The zero-order valence-corrected chi connectivity index (χ0v) is 10.1. The molecule has 6 heteroatoms. The summed E-state index contributed by atoms with van der Waals surface area (Å²) in [5, 5.41) is 0.123. The summed E-state index contributed by atoms with van der Waals surface area (Å²) in [7, 11) is 0. The number of carbonyl (C=O) groups excluding carboxylic acids is 1. The summed E-state index contributed by atoms with van der Waals surface area (Å²) >= 11 is 5.73. The molecule has 0 spiro atoms. The van der Waals surface area contributed by atoms with Crippen molar-refractivity contribution < 1.29 is 18.3 Å². The quantitative estimate of drug-likeness (QED) is 0.674. The highest BCUT2D eigenvalue weighted by atomic mass is 35.5. The van der Waals surface area contributed by atoms with Crippen LogP contribution in [0.4, 0.5) is 14.5 Å². The van der Waals surface area contributed by atoms with Crippen molar-refractivity contribution in [1.29, 1.82) is 0 Å². The summed E-state index contributed by atoms with van der Waals surface area (Å²) < 4.78 is 32.0. The Hall–Kier alpha value is -1.36. The van der Waals surface area contributed by atoms with E-state index in [1.807, 2.05) is 0 Å². The van der Waals surface area contributed by atoms with Crippen LogP contribution in [0.25, 0.3) is 0 Å². The second-order valence-corrected chi connectivity index (χ2v) is 3.84. The number of esters is 1. The second kappa shape index (κ2) is 4.87. The van der Waals surface area contributed by atoms with Gasteiger partial charge in [0.2, 0.25) is 0 Å². The largest absolute Gasteiger partial charge is 0.461 e. The summed E-state index contributed by atoms with van der Waals surface area (Å²) in [6, 6.07) is 2.63. The number of nitrogen functional groups attached to an aromatic ring is 1. The van der Waals surface area contributed by atoms with Crippen LogP contribution in [0.2, 0.25) is 5.02 Å². The maximum Gasteiger partial charge on any atom is 0.382 e. The lowest BCUT2D eigenvalue weighted by Crippen LogP contribution is -2.30. The van der Waals surface area contributed by atoms with Gasteiger partial charge in [-0.15, -0.1) is 0 Å². The van der Waals surface area contributed by atoms with Crippen LogP contribution in [-0.2, 0) is 15.5 Å². The number of hydrogen-bond donors (Lipinski definition) is 1. The molecule has 0 saturated heterocycles. The average Bonchev–Trinajstić information content (AvgIpc) is 2.24. The maximum absolute atomic E-state index is 13.8. The molecule has 0 aromatic heterocycles. The van der Waals surface area contributed by atoms with Gasteiger partial charge < -0.3 is 10.5 Å². The van der Waals surface area contributed by atoms with E-state index in [0.717, 1.165) is 0 Å². The Kier molecular flexibility index (Phi) is 3.93. The Morgan fingerprint density at radius 3 is 2.65 bits per heavy atom. The molecule has 1 aromatic rings. The van der Waals surface area contributed by atoms with Crippen molar-refractivity contribution in [3.05, 3.63) is 28.3 Å². The van der Waals surface area contributed by atoms with E-state index in [9.17, 15) is 13.6 Å². The fourth-order valence-electron chi connectivity index (χ4n) is 1.45. The number of rotatable bonds is 3. The smallest absolute Gasteiger partial charge is 0.382 e. The summed E-state index contributed by atoms with van der Waals surface area (Å²) in [4.78, 5) is 11.2. The van der Waals surface area contributed by atoms with E-state index in [1.165, 1.54) is 26.0 Å². The van der Waals surface area contributed by atoms with E-state index in [-0.39, 0.29) is 22.9 Å². The first-order valence-corrected chi connectivity index (χ1v) is 5.30. The van der Waals surface area contributed by atoms with Gasteiger partial charge in [0, 0.05) is 10.7 Å². The third kappa shape index (κ3) is 2.49. The van der Waals surface area contributed by atoms with Gasteiger partial charge in [0.05, 0.1) is 12.2 Å². The van der Waals surface area contributed by atoms with Crippen LogP contribution < -0.4 is 5.73 Å². The van der Waals surface area contributed by atoms with E-state index < -0.39 is 17.5 Å². The lowest BCUT2D eigenvalue weighted by atomic mass is 10.0. The Bertz CT molecular complexity index is 449. The third-order valence-electron chi connectivity index (χ3n) is 2.28. The number of alkyl halides is 2. The van der Waals surface area contributed by atoms with Gasteiger partial charge in [0.15, 0.2) is 0 Å². The average molecular weight is 264 g/mol. The molecule has 0 heterocycles. The summed E-state index contributed by atoms with van der Waals surface area (Å²) in [5.41, 5.74) is 4.75. The topological polar surface area (TPSA) is 52.3 Å². The van der Waals surface area contributed by atoms with E-state index >= 15 is 0 Å². The number of nitrogens with two attached hydrogens (primary N) is 1. The molecule has 3 nitrogen and oxygen atoms in total. The highest BCUT2D eigenvalue weighted by Gasteiger charge is 2.45. The monoisotopic (exact) mass is 263 g/mol. The molecule has 0 radical (unpaired) electrons. The molecular formula is C11H12ClF2NO2. The van der Waals surface area contributed by atoms with Crippen LogP contribution in [0.15, 0.2) is 12.1 Å². The molecule has 0 bridgehead atoms. The fourth-order valence-corrected chi connectivity index (χ4v) is 1.61. The van der Waals surface area contributed by atoms with Crippen molar-refractivity contribution in [2.45, 2.75) is 19.8 Å². The molecule has 17 heavy (non-hydrogen) atoms. The molecule has 1 aromatic carbocycles. The predicted molar refractivity (Wildman–Crippen MR) is 61.1 cm³/mol. The fraction of sp³-hybridized carbons (Fsp3) is 0.364. The van der Waals surface area contributed by atoms with Crippen LogP contribution in [0.1, 0.15) is 18.1 Å². The summed E-state index contributed by atoms with van der Waals surface area (Å²) in [5.74, 6) is -5.42. The van der Waals surface area contributed by atoms with Crippen molar-refractivity contribution in [1.82, 2.24) is 0 Å². The number of ether oxygens (including phenoxy) is 1. The first-order chi connectivity index (χ1) is 7.82. The predicted octanol–water partition coefficient (Wildman–Crippen LogP) is 2.89. The van der Waals surface area contributed by atoms with E-state index in [2.05, 4.69) is 4.74 Å². The summed E-state index contributed by atoms with van der Waals surface area (Å²) in [6.07, 6.45) is 0. The lowest BCUT2D eigenvalue weighted by molar-refractivity contribution is -0.173. The standard InChI is InChI=1S/C11H12ClF2NO2/c1-3-17-10(16)11(13,14)9-6(2)7(12)4-5-8(9)15/h4-5H,3,15H2,1-2H3. The van der Waals surface area contributed by atoms with Gasteiger partial charge in [-0.2, -0.15) is 8.78 Å². The number of carbonyl (C=O) groups is 1. The summed E-state index contributed by atoms with van der Waals surface area (Å²) in [6.45, 7) is 2.69. The van der Waals surface area contributed by atoms with Crippen molar-refractivity contribution in [3.8, 4) is 0 Å². The minimum absolute atomic E-state index is 0.0738. The molecule has 0 amide bonds. The van der Waals surface area contributed by atoms with Gasteiger partial charge in [-0.1, -0.05) is 11.6 Å². The van der Waals surface area contributed by atoms with Crippen molar-refractivity contribution >= 4 is 23.3 Å². The van der Waals surface area contributed by atoms with Gasteiger partial charge in [-0.05, 0) is 31.5 Å². The SMILES string of the molecule is CCOC(=O)C(F)(F)c1c(N)ccc(Cl)c1C. The molecule has 94 valence electrons. The van der Waals surface area contributed by atoms with Crippen molar-refractivity contribution in [2.75, 3.05) is 12.3 Å². The van der Waals surface area contributed by atoms with E-state index in [0.29, 0.717) is 0 Å². The highest BCUT2D eigenvalue weighted by Crippen LogP contribution is 2.38. The number of benzene rings is 1. The molecular weight excluding hydrogens is 252 g/mol. The molecule has 0 atom stereocenters.